The van der Waals surface area contributed by atoms with Gasteiger partial charge < -0.3 is 10.5 Å². The van der Waals surface area contributed by atoms with Crippen molar-refractivity contribution in [3.63, 3.8) is 0 Å². The molecule has 0 atom stereocenters. The van der Waals surface area contributed by atoms with Crippen LogP contribution in [-0.2, 0) is 0 Å². The Kier molecular flexibility index (Phi) is 3.73. The summed E-state index contributed by atoms with van der Waals surface area (Å²) in [6, 6.07) is 13.6. The number of hydrogen-bond donors (Lipinski definition) is 1. The molecule has 2 aromatic rings. The van der Waals surface area contributed by atoms with E-state index in [2.05, 4.69) is 0 Å². The maximum atomic E-state index is 13.1. The summed E-state index contributed by atoms with van der Waals surface area (Å²) in [5.74, 6) is 0.310. The largest absolute Gasteiger partial charge is 0.486 e. The first-order chi connectivity index (χ1) is 8.29. The average Bonchev–Trinajstić information content (AvgIpc) is 2.36. The van der Waals surface area contributed by atoms with Gasteiger partial charge in [-0.25, -0.2) is 4.39 Å². The molecule has 0 unspecified atom stereocenters. The van der Waals surface area contributed by atoms with Gasteiger partial charge in [-0.15, -0.1) is 0 Å². The molecule has 0 aliphatic heterocycles. The molecular formula is C14H14FNO. The second-order valence-corrected chi connectivity index (χ2v) is 3.68. The third-order valence-electron chi connectivity index (χ3n) is 2.44. The van der Waals surface area contributed by atoms with Crippen molar-refractivity contribution >= 4 is 10.8 Å². The Morgan fingerprint density at radius 2 is 1.94 bits per heavy atom. The maximum Gasteiger partial charge on any atom is 0.139 e. The van der Waals surface area contributed by atoms with Gasteiger partial charge in [0.1, 0.15) is 18.2 Å². The Morgan fingerprint density at radius 3 is 2.71 bits per heavy atom. The van der Waals surface area contributed by atoms with Gasteiger partial charge in [-0.2, -0.15) is 0 Å². The molecule has 0 aliphatic carbocycles. The van der Waals surface area contributed by atoms with Crippen molar-refractivity contribution in [2.24, 2.45) is 5.73 Å². The average molecular weight is 231 g/mol. The van der Waals surface area contributed by atoms with Gasteiger partial charge in [0, 0.05) is 6.54 Å². The van der Waals surface area contributed by atoms with Crippen LogP contribution in [0.4, 0.5) is 4.39 Å². The summed E-state index contributed by atoms with van der Waals surface area (Å²) in [5.41, 5.74) is 5.20. The Labute approximate surface area is 99.5 Å². The fraction of sp³-hybridized carbons (Fsp3) is 0.143. The zero-order valence-electron chi connectivity index (χ0n) is 9.40. The molecule has 2 nitrogen and oxygen atoms in total. The summed E-state index contributed by atoms with van der Waals surface area (Å²) in [6.45, 7) is 0.114. The molecule has 0 heterocycles. The highest BCUT2D eigenvalue weighted by Gasteiger charge is 1.99. The minimum absolute atomic E-state index is 0.0739. The quantitative estimate of drug-likeness (QED) is 0.877. The van der Waals surface area contributed by atoms with Gasteiger partial charge in [0.15, 0.2) is 0 Å². The molecule has 88 valence electrons. The highest BCUT2D eigenvalue weighted by molar-refractivity contribution is 5.83. The summed E-state index contributed by atoms with van der Waals surface area (Å²) in [5, 5.41) is 2.21. The van der Waals surface area contributed by atoms with Crippen molar-refractivity contribution < 1.29 is 9.13 Å². The van der Waals surface area contributed by atoms with Crippen LogP contribution in [0.3, 0.4) is 0 Å². The van der Waals surface area contributed by atoms with E-state index in [0.29, 0.717) is 5.75 Å². The predicted molar refractivity (Wildman–Crippen MR) is 67.7 cm³/mol. The Balaban J connectivity index is 2.12. The van der Waals surface area contributed by atoms with Crippen LogP contribution in [0.5, 0.6) is 5.75 Å². The van der Waals surface area contributed by atoms with E-state index >= 15 is 0 Å². The molecule has 0 radical (unpaired) electrons. The maximum absolute atomic E-state index is 13.1. The van der Waals surface area contributed by atoms with E-state index < -0.39 is 0 Å². The minimum Gasteiger partial charge on any atom is -0.486 e. The van der Waals surface area contributed by atoms with Crippen molar-refractivity contribution in [3.8, 4) is 5.75 Å². The summed E-state index contributed by atoms with van der Waals surface area (Å²) >= 11 is 0. The van der Waals surface area contributed by atoms with Crippen LogP contribution >= 0.6 is 0 Å². The van der Waals surface area contributed by atoms with Gasteiger partial charge in [0.05, 0.1) is 0 Å². The van der Waals surface area contributed by atoms with E-state index in [0.717, 1.165) is 10.8 Å². The van der Waals surface area contributed by atoms with Crippen LogP contribution in [0.1, 0.15) is 0 Å². The standard InChI is InChI=1S/C14H14FNO/c15-13(7-8-16)10-17-14-6-5-11-3-1-2-4-12(11)9-14/h1-7,9H,8,10,16H2/b13-7+. The van der Waals surface area contributed by atoms with Crippen LogP contribution < -0.4 is 10.5 Å². The topological polar surface area (TPSA) is 35.2 Å². The molecule has 0 bridgehead atoms. The lowest BCUT2D eigenvalue weighted by Crippen LogP contribution is -2.01. The SMILES string of the molecule is NC/C=C(/F)COc1ccc2ccccc2c1. The molecule has 0 amide bonds. The van der Waals surface area contributed by atoms with Gasteiger partial charge in [-0.3, -0.25) is 0 Å². The third-order valence-corrected chi connectivity index (χ3v) is 2.44. The first-order valence-corrected chi connectivity index (χ1v) is 5.46. The monoisotopic (exact) mass is 231 g/mol. The summed E-state index contributed by atoms with van der Waals surface area (Å²) < 4.78 is 18.4. The molecule has 17 heavy (non-hydrogen) atoms. The first kappa shape index (κ1) is 11.6. The molecule has 0 saturated heterocycles. The third kappa shape index (κ3) is 3.04. The predicted octanol–water partition coefficient (Wildman–Crippen LogP) is 3.03. The zero-order chi connectivity index (χ0) is 12.1. The smallest absolute Gasteiger partial charge is 0.139 e. The van der Waals surface area contributed by atoms with Crippen molar-refractivity contribution in [1.82, 2.24) is 0 Å². The molecular weight excluding hydrogens is 217 g/mol. The number of fused-ring (bicyclic) bond motifs is 1. The van der Waals surface area contributed by atoms with Crippen LogP contribution in [0.15, 0.2) is 54.4 Å². The number of hydrogen-bond acceptors (Lipinski definition) is 2. The van der Waals surface area contributed by atoms with Crippen molar-refractivity contribution in [2.75, 3.05) is 13.2 Å². The molecule has 0 spiro atoms. The van der Waals surface area contributed by atoms with Gasteiger partial charge in [-0.1, -0.05) is 30.3 Å². The molecule has 0 fully saturated rings. The van der Waals surface area contributed by atoms with E-state index in [1.807, 2.05) is 42.5 Å². The number of rotatable bonds is 4. The van der Waals surface area contributed by atoms with Crippen LogP contribution in [0.25, 0.3) is 10.8 Å². The van der Waals surface area contributed by atoms with E-state index in [1.54, 1.807) is 0 Å². The Morgan fingerprint density at radius 1 is 1.18 bits per heavy atom. The molecule has 2 rings (SSSR count). The molecule has 2 aromatic carbocycles. The number of nitrogens with two attached hydrogens (primary N) is 1. The Hall–Kier alpha value is -1.87. The second-order valence-electron chi connectivity index (χ2n) is 3.68. The number of ether oxygens (including phenoxy) is 1. The molecule has 0 aromatic heterocycles. The minimum atomic E-state index is -0.347. The fourth-order valence-electron chi connectivity index (χ4n) is 1.60. The van der Waals surface area contributed by atoms with E-state index in [9.17, 15) is 4.39 Å². The van der Waals surface area contributed by atoms with Gasteiger partial charge in [0.2, 0.25) is 0 Å². The van der Waals surface area contributed by atoms with Gasteiger partial charge in [0.25, 0.3) is 0 Å². The van der Waals surface area contributed by atoms with Crippen LogP contribution in [-0.4, -0.2) is 13.2 Å². The van der Waals surface area contributed by atoms with E-state index in [4.69, 9.17) is 10.5 Å². The van der Waals surface area contributed by atoms with Gasteiger partial charge in [-0.05, 0) is 29.0 Å². The molecule has 0 saturated carbocycles. The Bertz CT molecular complexity index is 536. The van der Waals surface area contributed by atoms with Crippen LogP contribution in [0, 0.1) is 0 Å². The number of halogens is 1. The van der Waals surface area contributed by atoms with Crippen molar-refractivity contribution in [2.45, 2.75) is 0 Å². The summed E-state index contributed by atoms with van der Waals surface area (Å²) in [7, 11) is 0. The molecule has 2 N–H and O–H groups in total. The lowest BCUT2D eigenvalue weighted by atomic mass is 10.1. The van der Waals surface area contributed by atoms with E-state index in [-0.39, 0.29) is 19.0 Å². The second kappa shape index (κ2) is 5.46. The molecule has 0 aliphatic rings. The fourth-order valence-corrected chi connectivity index (χ4v) is 1.60. The highest BCUT2D eigenvalue weighted by atomic mass is 19.1. The summed E-state index contributed by atoms with van der Waals surface area (Å²) in [6.07, 6.45) is 1.31. The van der Waals surface area contributed by atoms with Crippen molar-refractivity contribution in [3.05, 3.63) is 54.4 Å². The van der Waals surface area contributed by atoms with Crippen molar-refractivity contribution in [1.29, 1.82) is 0 Å². The molecule has 3 heteroatoms. The lowest BCUT2D eigenvalue weighted by molar-refractivity contribution is 0.318. The highest BCUT2D eigenvalue weighted by Crippen LogP contribution is 2.20. The lowest BCUT2D eigenvalue weighted by Gasteiger charge is -2.06. The number of benzene rings is 2. The normalized spacial score (nSPS) is 11.8. The summed E-state index contributed by atoms with van der Waals surface area (Å²) in [4.78, 5) is 0. The first-order valence-electron chi connectivity index (χ1n) is 5.46. The van der Waals surface area contributed by atoms with Crippen LogP contribution in [0.2, 0.25) is 0 Å². The van der Waals surface area contributed by atoms with Gasteiger partial charge >= 0.3 is 0 Å². The van der Waals surface area contributed by atoms with E-state index in [1.165, 1.54) is 6.08 Å². The zero-order valence-corrected chi connectivity index (χ0v) is 9.40.